The van der Waals surface area contributed by atoms with E-state index < -0.39 is 0 Å². The van der Waals surface area contributed by atoms with Crippen LogP contribution in [0.5, 0.6) is 11.6 Å². The minimum atomic E-state index is 0.0163. The van der Waals surface area contributed by atoms with Crippen LogP contribution in [0.4, 0.5) is 0 Å². The first-order valence-electron chi connectivity index (χ1n) is 9.14. The second-order valence-corrected chi connectivity index (χ2v) is 6.69. The highest BCUT2D eigenvalue weighted by Crippen LogP contribution is 2.16. The van der Waals surface area contributed by atoms with E-state index in [0.29, 0.717) is 42.8 Å². The van der Waals surface area contributed by atoms with Crippen molar-refractivity contribution in [2.75, 3.05) is 45.9 Å². The molecule has 0 unspecified atom stereocenters. The molecular weight excluding hydrogens is 366 g/mol. The number of nitrogens with zero attached hydrogens (tertiary/aromatic N) is 3. The zero-order valence-electron chi connectivity index (χ0n) is 15.4. The van der Waals surface area contributed by atoms with Crippen molar-refractivity contribution in [3.05, 3.63) is 53.2 Å². The van der Waals surface area contributed by atoms with Gasteiger partial charge in [-0.15, -0.1) is 0 Å². The van der Waals surface area contributed by atoms with E-state index in [2.05, 4.69) is 9.88 Å². The molecule has 2 aromatic rings. The summed E-state index contributed by atoms with van der Waals surface area (Å²) >= 11 is 5.87. The summed E-state index contributed by atoms with van der Waals surface area (Å²) in [5.74, 6) is 1.37. The van der Waals surface area contributed by atoms with Crippen molar-refractivity contribution < 1.29 is 14.3 Å². The molecule has 1 aliphatic rings. The highest BCUT2D eigenvalue weighted by atomic mass is 35.5. The molecule has 1 fully saturated rings. The van der Waals surface area contributed by atoms with Crippen LogP contribution < -0.4 is 9.47 Å². The van der Waals surface area contributed by atoms with Gasteiger partial charge < -0.3 is 14.4 Å². The Hall–Kier alpha value is -2.31. The molecule has 0 N–H and O–H groups in total. The summed E-state index contributed by atoms with van der Waals surface area (Å²) in [6.45, 7) is 6.97. The Bertz CT molecular complexity index is 729. The molecule has 0 aliphatic carbocycles. The van der Waals surface area contributed by atoms with Crippen LogP contribution in [0.15, 0.2) is 42.6 Å². The van der Waals surface area contributed by atoms with Gasteiger partial charge in [0.05, 0.1) is 12.2 Å². The number of carbonyl (C=O) groups excluding carboxylic acids is 1. The summed E-state index contributed by atoms with van der Waals surface area (Å²) in [6.07, 6.45) is 1.58. The fraction of sp³-hybridized carbons (Fsp3) is 0.400. The van der Waals surface area contributed by atoms with E-state index in [1.165, 1.54) is 0 Å². The minimum absolute atomic E-state index is 0.0163. The van der Waals surface area contributed by atoms with E-state index in [0.717, 1.165) is 25.4 Å². The smallest absolute Gasteiger partial charge is 0.255 e. The van der Waals surface area contributed by atoms with Gasteiger partial charge in [-0.2, -0.15) is 0 Å². The molecule has 3 rings (SSSR count). The van der Waals surface area contributed by atoms with E-state index >= 15 is 0 Å². The maximum atomic E-state index is 12.6. The maximum Gasteiger partial charge on any atom is 0.255 e. The van der Waals surface area contributed by atoms with Crippen LogP contribution in [0.3, 0.4) is 0 Å². The lowest BCUT2D eigenvalue weighted by molar-refractivity contribution is 0.0620. The van der Waals surface area contributed by atoms with Crippen LogP contribution in [0, 0.1) is 0 Å². The first-order chi connectivity index (χ1) is 13.2. The number of amides is 1. The Kier molecular flexibility index (Phi) is 6.90. The van der Waals surface area contributed by atoms with Gasteiger partial charge in [-0.3, -0.25) is 9.69 Å². The van der Waals surface area contributed by atoms with Crippen molar-refractivity contribution in [3.8, 4) is 11.6 Å². The average molecular weight is 390 g/mol. The monoisotopic (exact) mass is 389 g/mol. The van der Waals surface area contributed by atoms with Crippen LogP contribution in [0.2, 0.25) is 5.02 Å². The zero-order valence-corrected chi connectivity index (χ0v) is 16.2. The van der Waals surface area contributed by atoms with E-state index in [-0.39, 0.29) is 5.91 Å². The Balaban J connectivity index is 1.41. The van der Waals surface area contributed by atoms with Gasteiger partial charge in [-0.25, -0.2) is 4.98 Å². The second-order valence-electron chi connectivity index (χ2n) is 6.25. The summed E-state index contributed by atoms with van der Waals surface area (Å²) < 4.78 is 11.1. The number of benzene rings is 1. The zero-order chi connectivity index (χ0) is 19.1. The molecular formula is C20H24ClN3O3. The highest BCUT2D eigenvalue weighted by molar-refractivity contribution is 6.30. The van der Waals surface area contributed by atoms with Crippen molar-refractivity contribution in [2.24, 2.45) is 0 Å². The Labute approximate surface area is 164 Å². The lowest BCUT2D eigenvalue weighted by Crippen LogP contribution is -2.49. The fourth-order valence-corrected chi connectivity index (χ4v) is 3.05. The summed E-state index contributed by atoms with van der Waals surface area (Å²) in [7, 11) is 0. The molecule has 1 aromatic heterocycles. The number of hydrogen-bond acceptors (Lipinski definition) is 5. The van der Waals surface area contributed by atoms with Gasteiger partial charge in [0.1, 0.15) is 12.4 Å². The molecule has 6 nitrogen and oxygen atoms in total. The van der Waals surface area contributed by atoms with Gasteiger partial charge >= 0.3 is 0 Å². The molecule has 1 amide bonds. The van der Waals surface area contributed by atoms with Crippen LogP contribution in [-0.4, -0.2) is 66.6 Å². The largest absolute Gasteiger partial charge is 0.492 e. The average Bonchev–Trinajstić information content (AvgIpc) is 2.70. The molecule has 0 atom stereocenters. The van der Waals surface area contributed by atoms with Gasteiger partial charge in [0.2, 0.25) is 5.88 Å². The number of ether oxygens (including phenoxy) is 2. The number of piperazine rings is 1. The summed E-state index contributed by atoms with van der Waals surface area (Å²) in [6, 6.07) is 10.9. The SMILES string of the molecule is CCOc1ccc(C(=O)N2CCN(CCOc3ccc(Cl)cc3)CC2)cn1. The topological polar surface area (TPSA) is 54.9 Å². The van der Waals surface area contributed by atoms with Crippen molar-refractivity contribution in [3.63, 3.8) is 0 Å². The standard InChI is InChI=1S/C20H24ClN3O3/c1-2-26-19-8-3-16(15-22-19)20(25)24-11-9-23(10-12-24)13-14-27-18-6-4-17(21)5-7-18/h3-8,15H,2,9-14H2,1H3. The molecule has 0 bridgehead atoms. The fourth-order valence-electron chi connectivity index (χ4n) is 2.92. The lowest BCUT2D eigenvalue weighted by Gasteiger charge is -2.34. The Morgan fingerprint density at radius 3 is 2.44 bits per heavy atom. The number of pyridine rings is 1. The predicted octanol–water partition coefficient (Wildman–Crippen LogP) is 2.97. The number of hydrogen-bond donors (Lipinski definition) is 0. The van der Waals surface area contributed by atoms with Gasteiger partial charge in [0.25, 0.3) is 5.91 Å². The summed E-state index contributed by atoms with van der Waals surface area (Å²) in [5, 5.41) is 0.700. The summed E-state index contributed by atoms with van der Waals surface area (Å²) in [5.41, 5.74) is 0.595. The molecule has 0 spiro atoms. The summed E-state index contributed by atoms with van der Waals surface area (Å²) in [4.78, 5) is 20.9. The molecule has 1 aromatic carbocycles. The minimum Gasteiger partial charge on any atom is -0.492 e. The van der Waals surface area contributed by atoms with Crippen LogP contribution >= 0.6 is 11.6 Å². The van der Waals surface area contributed by atoms with E-state index in [1.807, 2.05) is 36.1 Å². The molecule has 2 heterocycles. The van der Waals surface area contributed by atoms with E-state index in [4.69, 9.17) is 21.1 Å². The third-order valence-corrected chi connectivity index (χ3v) is 4.68. The third kappa shape index (κ3) is 5.58. The maximum absolute atomic E-state index is 12.6. The molecule has 144 valence electrons. The molecule has 1 aliphatic heterocycles. The molecule has 1 saturated heterocycles. The first kappa shape index (κ1) is 19.5. The lowest BCUT2D eigenvalue weighted by atomic mass is 10.2. The van der Waals surface area contributed by atoms with Crippen molar-refractivity contribution >= 4 is 17.5 Å². The molecule has 0 saturated carbocycles. The molecule has 7 heteroatoms. The van der Waals surface area contributed by atoms with Crippen molar-refractivity contribution in [2.45, 2.75) is 6.92 Å². The van der Waals surface area contributed by atoms with E-state index in [9.17, 15) is 4.79 Å². The second kappa shape index (κ2) is 9.58. The normalized spacial score (nSPS) is 14.8. The van der Waals surface area contributed by atoms with Gasteiger partial charge in [-0.05, 0) is 37.3 Å². The van der Waals surface area contributed by atoms with Crippen LogP contribution in [0.25, 0.3) is 0 Å². The number of halogens is 1. The highest BCUT2D eigenvalue weighted by Gasteiger charge is 2.22. The van der Waals surface area contributed by atoms with Crippen molar-refractivity contribution in [1.82, 2.24) is 14.8 Å². The van der Waals surface area contributed by atoms with Gasteiger partial charge in [0, 0.05) is 50.0 Å². The van der Waals surface area contributed by atoms with Crippen LogP contribution in [0.1, 0.15) is 17.3 Å². The molecule has 0 radical (unpaired) electrons. The quantitative estimate of drug-likeness (QED) is 0.728. The number of aromatic nitrogens is 1. The van der Waals surface area contributed by atoms with Gasteiger partial charge in [-0.1, -0.05) is 11.6 Å². The predicted molar refractivity (Wildman–Crippen MR) is 105 cm³/mol. The van der Waals surface area contributed by atoms with Crippen LogP contribution in [-0.2, 0) is 0 Å². The Morgan fingerprint density at radius 1 is 1.07 bits per heavy atom. The molecule has 27 heavy (non-hydrogen) atoms. The van der Waals surface area contributed by atoms with E-state index in [1.54, 1.807) is 18.3 Å². The third-order valence-electron chi connectivity index (χ3n) is 4.42. The number of carbonyl (C=O) groups is 1. The van der Waals surface area contributed by atoms with Crippen molar-refractivity contribution in [1.29, 1.82) is 0 Å². The first-order valence-corrected chi connectivity index (χ1v) is 9.52. The van der Waals surface area contributed by atoms with Gasteiger partial charge in [0.15, 0.2) is 0 Å². The number of rotatable bonds is 7. The Morgan fingerprint density at radius 2 is 1.81 bits per heavy atom.